The first-order valence-corrected chi connectivity index (χ1v) is 9.22. The summed E-state index contributed by atoms with van der Waals surface area (Å²) in [4.78, 5) is 2.42. The van der Waals surface area contributed by atoms with Crippen molar-refractivity contribution < 1.29 is 5.11 Å². The number of nitrogens with zero attached hydrogens (tertiary/aromatic N) is 4. The molecule has 2 aromatic rings. The number of hydrogen-bond acceptors (Lipinski definition) is 5. The van der Waals surface area contributed by atoms with Gasteiger partial charge in [-0.05, 0) is 69.9 Å². The lowest BCUT2D eigenvalue weighted by Gasteiger charge is -2.35. The lowest BCUT2D eigenvalue weighted by atomic mass is 9.90. The average molecular weight is 402 g/mol. The van der Waals surface area contributed by atoms with Gasteiger partial charge in [0.25, 0.3) is 0 Å². The first kappa shape index (κ1) is 21.4. The summed E-state index contributed by atoms with van der Waals surface area (Å²) in [5.74, 6) is 2.02. The minimum absolute atomic E-state index is 0. The number of rotatable bonds is 4. The van der Waals surface area contributed by atoms with Gasteiger partial charge in [-0.3, -0.25) is 4.40 Å². The van der Waals surface area contributed by atoms with E-state index < -0.39 is 0 Å². The predicted molar refractivity (Wildman–Crippen MR) is 107 cm³/mol. The molecule has 0 saturated carbocycles. The Morgan fingerprint density at radius 1 is 1.08 bits per heavy atom. The maximum absolute atomic E-state index is 10.5. The van der Waals surface area contributed by atoms with E-state index in [1.54, 1.807) is 0 Å². The Kier molecular flexibility index (Phi) is 8.10. The van der Waals surface area contributed by atoms with Crippen LogP contribution in [0, 0.1) is 5.92 Å². The smallest absolute Gasteiger partial charge is 0.160 e. The molecule has 2 aliphatic heterocycles. The number of fused-ring (bicyclic) bond motifs is 1. The molecule has 4 rings (SSSR count). The molecule has 0 spiro atoms. The van der Waals surface area contributed by atoms with Gasteiger partial charge < -0.3 is 15.3 Å². The highest BCUT2D eigenvalue weighted by Gasteiger charge is 2.28. The van der Waals surface area contributed by atoms with Crippen LogP contribution >= 0.6 is 24.8 Å². The Balaban J connectivity index is 0.00000121. The summed E-state index contributed by atoms with van der Waals surface area (Å²) < 4.78 is 2.12. The topological polar surface area (TPSA) is 65.7 Å². The van der Waals surface area contributed by atoms with E-state index in [0.29, 0.717) is 11.8 Å². The summed E-state index contributed by atoms with van der Waals surface area (Å²) in [6, 6.07) is 6.03. The molecule has 0 aromatic carbocycles. The van der Waals surface area contributed by atoms with Gasteiger partial charge in [-0.2, -0.15) is 0 Å². The van der Waals surface area contributed by atoms with Crippen LogP contribution in [0.5, 0.6) is 0 Å². The third-order valence-electron chi connectivity index (χ3n) is 5.67. The van der Waals surface area contributed by atoms with Crippen LogP contribution in [0.2, 0.25) is 0 Å². The molecule has 2 saturated heterocycles. The molecule has 2 fully saturated rings. The molecule has 6 nitrogen and oxygen atoms in total. The van der Waals surface area contributed by atoms with Crippen LogP contribution in [0.4, 0.5) is 0 Å². The van der Waals surface area contributed by atoms with Crippen molar-refractivity contribution >= 4 is 30.5 Å². The highest BCUT2D eigenvalue weighted by molar-refractivity contribution is 5.85. The number of aliphatic hydroxyl groups is 1. The average Bonchev–Trinajstić information content (AvgIpc) is 3.07. The number of aliphatic hydroxyl groups excluding tert-OH is 1. The Labute approximate surface area is 167 Å². The number of pyridine rings is 1. The third-order valence-corrected chi connectivity index (χ3v) is 5.67. The number of β-amino-alcohol motifs (C(OH)–C–C–N with tert-alkyl or cyclic N) is 1. The number of piperidine rings is 2. The molecule has 0 aliphatic carbocycles. The molecule has 0 bridgehead atoms. The summed E-state index contributed by atoms with van der Waals surface area (Å²) in [6.45, 7) is 4.98. The molecule has 2 N–H and O–H groups in total. The molecular formula is C18H29Cl2N5O. The molecule has 1 atom stereocenters. The molecule has 8 heteroatoms. The second-order valence-electron chi connectivity index (χ2n) is 7.22. The van der Waals surface area contributed by atoms with Gasteiger partial charge in [0.1, 0.15) is 5.82 Å². The Morgan fingerprint density at radius 2 is 1.81 bits per heavy atom. The fraction of sp³-hybridized carbons (Fsp3) is 0.667. The van der Waals surface area contributed by atoms with Gasteiger partial charge in [-0.25, -0.2) is 0 Å². The van der Waals surface area contributed by atoms with Crippen molar-refractivity contribution in [1.82, 2.24) is 24.8 Å². The standard InChI is InChI=1S/C18H27N5O.2ClH/c24-16(14-4-8-19-9-5-14)13-22-11-6-15(7-12-22)18-21-20-17-3-1-2-10-23(17)18;;/h1-3,10,14-16,19,24H,4-9,11-13H2;2*1H. The van der Waals surface area contributed by atoms with Crippen molar-refractivity contribution in [2.45, 2.75) is 37.7 Å². The van der Waals surface area contributed by atoms with Crippen LogP contribution in [0.3, 0.4) is 0 Å². The van der Waals surface area contributed by atoms with E-state index in [1.165, 1.54) is 0 Å². The van der Waals surface area contributed by atoms with E-state index in [4.69, 9.17) is 0 Å². The molecule has 0 amide bonds. The fourth-order valence-electron chi connectivity index (χ4n) is 4.15. The molecule has 1 unspecified atom stereocenters. The van der Waals surface area contributed by atoms with Gasteiger partial charge >= 0.3 is 0 Å². The van der Waals surface area contributed by atoms with Crippen molar-refractivity contribution in [3.05, 3.63) is 30.2 Å². The normalized spacial score (nSPS) is 21.1. The van der Waals surface area contributed by atoms with Crippen molar-refractivity contribution in [2.75, 3.05) is 32.7 Å². The van der Waals surface area contributed by atoms with E-state index in [0.717, 1.165) is 69.9 Å². The monoisotopic (exact) mass is 401 g/mol. The third kappa shape index (κ3) is 4.67. The lowest BCUT2D eigenvalue weighted by Crippen LogP contribution is -2.43. The second kappa shape index (κ2) is 9.85. The number of aromatic nitrogens is 3. The highest BCUT2D eigenvalue weighted by atomic mass is 35.5. The Bertz CT molecular complexity index is 668. The van der Waals surface area contributed by atoms with Gasteiger partial charge in [0.15, 0.2) is 5.65 Å². The highest BCUT2D eigenvalue weighted by Crippen LogP contribution is 2.28. The number of hydrogen-bond donors (Lipinski definition) is 2. The summed E-state index contributed by atoms with van der Waals surface area (Å²) in [7, 11) is 0. The molecular weight excluding hydrogens is 373 g/mol. The Hall–Kier alpha value is -0.920. The number of halogens is 2. The van der Waals surface area contributed by atoms with Crippen LogP contribution < -0.4 is 5.32 Å². The first-order chi connectivity index (χ1) is 11.8. The van der Waals surface area contributed by atoms with Crippen LogP contribution in [0.1, 0.15) is 37.4 Å². The summed E-state index contributed by atoms with van der Waals surface area (Å²) >= 11 is 0. The summed E-state index contributed by atoms with van der Waals surface area (Å²) in [5, 5.41) is 22.6. The number of likely N-dealkylation sites (tertiary alicyclic amines) is 1. The van der Waals surface area contributed by atoms with Crippen molar-refractivity contribution in [2.24, 2.45) is 5.92 Å². The van der Waals surface area contributed by atoms with Crippen molar-refractivity contribution in [3.8, 4) is 0 Å². The first-order valence-electron chi connectivity index (χ1n) is 9.22. The molecule has 2 aromatic heterocycles. The van der Waals surface area contributed by atoms with Gasteiger partial charge in [0.05, 0.1) is 6.10 Å². The summed E-state index contributed by atoms with van der Waals surface area (Å²) in [5.41, 5.74) is 0.927. The Morgan fingerprint density at radius 3 is 2.54 bits per heavy atom. The van der Waals surface area contributed by atoms with Gasteiger partial charge in [0.2, 0.25) is 0 Å². The van der Waals surface area contributed by atoms with Crippen LogP contribution in [-0.4, -0.2) is 63.4 Å². The van der Waals surface area contributed by atoms with Crippen LogP contribution in [0.25, 0.3) is 5.65 Å². The lowest BCUT2D eigenvalue weighted by molar-refractivity contribution is 0.0423. The SMILES string of the molecule is Cl.Cl.OC(CN1CCC(c2nnc3ccccn23)CC1)C1CCNCC1. The fourth-order valence-corrected chi connectivity index (χ4v) is 4.15. The van der Waals surface area contributed by atoms with E-state index >= 15 is 0 Å². The summed E-state index contributed by atoms with van der Waals surface area (Å²) in [6.07, 6.45) is 6.26. The van der Waals surface area contributed by atoms with E-state index in [9.17, 15) is 5.11 Å². The van der Waals surface area contributed by atoms with E-state index in [2.05, 4.69) is 31.0 Å². The van der Waals surface area contributed by atoms with Crippen molar-refractivity contribution in [3.63, 3.8) is 0 Å². The van der Waals surface area contributed by atoms with E-state index in [1.807, 2.05) is 18.2 Å². The molecule has 0 radical (unpaired) electrons. The molecule has 26 heavy (non-hydrogen) atoms. The number of nitrogens with one attached hydrogen (secondary N) is 1. The zero-order valence-corrected chi connectivity index (χ0v) is 16.6. The van der Waals surface area contributed by atoms with Gasteiger partial charge in [-0.15, -0.1) is 35.0 Å². The predicted octanol–water partition coefficient (Wildman–Crippen LogP) is 2.11. The van der Waals surface area contributed by atoms with Gasteiger partial charge in [0, 0.05) is 18.7 Å². The van der Waals surface area contributed by atoms with E-state index in [-0.39, 0.29) is 30.9 Å². The largest absolute Gasteiger partial charge is 0.392 e. The molecule has 4 heterocycles. The zero-order valence-electron chi connectivity index (χ0n) is 15.0. The zero-order chi connectivity index (χ0) is 16.4. The minimum Gasteiger partial charge on any atom is -0.392 e. The van der Waals surface area contributed by atoms with Crippen LogP contribution in [0.15, 0.2) is 24.4 Å². The van der Waals surface area contributed by atoms with Gasteiger partial charge in [-0.1, -0.05) is 6.07 Å². The molecule has 2 aliphatic rings. The quantitative estimate of drug-likeness (QED) is 0.820. The second-order valence-corrected chi connectivity index (χ2v) is 7.22. The maximum Gasteiger partial charge on any atom is 0.160 e. The van der Waals surface area contributed by atoms with Crippen molar-refractivity contribution in [1.29, 1.82) is 0 Å². The minimum atomic E-state index is -0.183. The molecule has 146 valence electrons. The van der Waals surface area contributed by atoms with Crippen LogP contribution in [-0.2, 0) is 0 Å². The maximum atomic E-state index is 10.5.